The van der Waals surface area contributed by atoms with Gasteiger partial charge in [-0.05, 0) is 13.0 Å². The van der Waals surface area contributed by atoms with Gasteiger partial charge in [-0.2, -0.15) is 0 Å². The zero-order valence-corrected chi connectivity index (χ0v) is 4.29. The van der Waals surface area contributed by atoms with Crippen molar-refractivity contribution in [3.63, 3.8) is 0 Å². The van der Waals surface area contributed by atoms with Crippen LogP contribution in [0.25, 0.3) is 0 Å². The van der Waals surface area contributed by atoms with E-state index in [-0.39, 0.29) is 0 Å². The second kappa shape index (κ2) is 5.15. The van der Waals surface area contributed by atoms with Crippen LogP contribution in [0.1, 0.15) is 6.92 Å². The maximum absolute atomic E-state index is 9.56. The van der Waals surface area contributed by atoms with E-state index in [0.717, 1.165) is 6.29 Å². The summed E-state index contributed by atoms with van der Waals surface area (Å²) in [5.74, 6) is 0. The second-order valence-electron chi connectivity index (χ2n) is 1.05. The fourth-order valence-corrected chi connectivity index (χ4v) is 0.221. The van der Waals surface area contributed by atoms with Crippen molar-refractivity contribution in [3.8, 4) is 0 Å². The molecule has 0 spiro atoms. The van der Waals surface area contributed by atoms with Crippen molar-refractivity contribution in [2.45, 2.75) is 6.92 Å². The molecule has 0 aliphatic rings. The van der Waals surface area contributed by atoms with Crippen LogP contribution in [0.3, 0.4) is 0 Å². The average Bonchev–Trinajstić information content (AvgIpc) is 1.69. The monoisotopic (exact) mass is 96.1 g/mol. The molecule has 0 saturated carbocycles. The number of aldehydes is 1. The Morgan fingerprint density at radius 1 is 1.14 bits per heavy atom. The molecule has 1 heteroatoms. The standard InChI is InChI=1S/C6H8O/c1-2-3-4-5-6-7/h2-6H,1H3/b3-2+,5-4-. The van der Waals surface area contributed by atoms with Gasteiger partial charge in [-0.3, -0.25) is 4.79 Å². The molecule has 0 aliphatic heterocycles. The quantitative estimate of drug-likeness (QED) is 0.288. The Labute approximate surface area is 43.3 Å². The van der Waals surface area contributed by atoms with E-state index in [0.29, 0.717) is 0 Å². The minimum atomic E-state index is 0.750. The first-order valence-corrected chi connectivity index (χ1v) is 2.15. The van der Waals surface area contributed by atoms with Crippen molar-refractivity contribution >= 4 is 6.29 Å². The molecule has 0 rings (SSSR count). The lowest BCUT2D eigenvalue weighted by molar-refractivity contribution is -0.104. The van der Waals surface area contributed by atoms with E-state index >= 15 is 0 Å². The highest BCUT2D eigenvalue weighted by molar-refractivity contribution is 5.65. The van der Waals surface area contributed by atoms with Gasteiger partial charge in [0.05, 0.1) is 0 Å². The highest BCUT2D eigenvalue weighted by Gasteiger charge is 1.55. The zero-order valence-electron chi connectivity index (χ0n) is 4.29. The second-order valence-corrected chi connectivity index (χ2v) is 1.05. The third kappa shape index (κ3) is 5.15. The van der Waals surface area contributed by atoms with Gasteiger partial charge in [-0.25, -0.2) is 0 Å². The van der Waals surface area contributed by atoms with Gasteiger partial charge in [0.25, 0.3) is 0 Å². The van der Waals surface area contributed by atoms with Gasteiger partial charge < -0.3 is 0 Å². The molecule has 0 fully saturated rings. The Morgan fingerprint density at radius 3 is 2.29 bits per heavy atom. The van der Waals surface area contributed by atoms with Gasteiger partial charge in [0.15, 0.2) is 0 Å². The molecule has 0 atom stereocenters. The Morgan fingerprint density at radius 2 is 1.86 bits per heavy atom. The minimum Gasteiger partial charge on any atom is -0.299 e. The summed E-state index contributed by atoms with van der Waals surface area (Å²) >= 11 is 0. The van der Waals surface area contributed by atoms with Gasteiger partial charge in [0.2, 0.25) is 0 Å². The maximum atomic E-state index is 9.56. The molecule has 38 valence electrons. The Bertz CT molecular complexity index is 90.4. The number of rotatable bonds is 2. The molecule has 0 aromatic rings. The van der Waals surface area contributed by atoms with Gasteiger partial charge in [-0.15, -0.1) is 0 Å². The summed E-state index contributed by atoms with van der Waals surface area (Å²) in [7, 11) is 0. The fraction of sp³-hybridized carbons (Fsp3) is 0.167. The number of hydrogen-bond acceptors (Lipinski definition) is 1. The molecule has 0 heterocycles. The largest absolute Gasteiger partial charge is 0.299 e. The summed E-state index contributed by atoms with van der Waals surface area (Å²) in [6.45, 7) is 1.90. The minimum absolute atomic E-state index is 0.750. The van der Waals surface area contributed by atoms with Gasteiger partial charge in [-0.1, -0.05) is 18.2 Å². The van der Waals surface area contributed by atoms with Crippen LogP contribution in [-0.2, 0) is 4.79 Å². The normalized spacial score (nSPS) is 11.0. The van der Waals surface area contributed by atoms with Crippen molar-refractivity contribution in [2.75, 3.05) is 0 Å². The van der Waals surface area contributed by atoms with E-state index in [1.807, 2.05) is 13.0 Å². The summed E-state index contributed by atoms with van der Waals surface area (Å²) in [5, 5.41) is 0. The first-order chi connectivity index (χ1) is 3.41. The molecule has 0 saturated heterocycles. The van der Waals surface area contributed by atoms with Crippen molar-refractivity contribution in [1.82, 2.24) is 0 Å². The Kier molecular flexibility index (Phi) is 4.52. The maximum Gasteiger partial charge on any atom is 0.142 e. The number of carbonyl (C=O) groups excluding carboxylic acids is 1. The Hall–Kier alpha value is -0.850. The van der Waals surface area contributed by atoms with Crippen molar-refractivity contribution in [1.29, 1.82) is 0 Å². The van der Waals surface area contributed by atoms with Crippen molar-refractivity contribution in [2.24, 2.45) is 0 Å². The van der Waals surface area contributed by atoms with Crippen molar-refractivity contribution in [3.05, 3.63) is 24.3 Å². The lowest BCUT2D eigenvalue weighted by atomic mass is 10.5. The highest BCUT2D eigenvalue weighted by Crippen LogP contribution is 1.70. The summed E-state index contributed by atoms with van der Waals surface area (Å²) < 4.78 is 0. The van der Waals surface area contributed by atoms with Gasteiger partial charge in [0.1, 0.15) is 6.29 Å². The van der Waals surface area contributed by atoms with Crippen LogP contribution in [0.2, 0.25) is 0 Å². The lowest BCUT2D eigenvalue weighted by Gasteiger charge is -1.62. The Balaban J connectivity index is 3.27. The molecule has 0 aromatic carbocycles. The third-order valence-electron chi connectivity index (χ3n) is 0.493. The summed E-state index contributed by atoms with van der Waals surface area (Å²) in [4.78, 5) is 9.56. The molecule has 1 nitrogen and oxygen atoms in total. The van der Waals surface area contributed by atoms with E-state index in [2.05, 4.69) is 0 Å². The van der Waals surface area contributed by atoms with Gasteiger partial charge in [0, 0.05) is 0 Å². The molecular formula is C6H8O. The summed E-state index contributed by atoms with van der Waals surface area (Å²) in [5.41, 5.74) is 0. The molecule has 0 radical (unpaired) electrons. The predicted molar refractivity (Wildman–Crippen MR) is 30.0 cm³/mol. The smallest absolute Gasteiger partial charge is 0.142 e. The highest BCUT2D eigenvalue weighted by atomic mass is 16.1. The molecular weight excluding hydrogens is 88.1 g/mol. The summed E-state index contributed by atoms with van der Waals surface area (Å²) in [6.07, 6.45) is 7.54. The van der Waals surface area contributed by atoms with Crippen LogP contribution < -0.4 is 0 Å². The fourth-order valence-electron chi connectivity index (χ4n) is 0.221. The van der Waals surface area contributed by atoms with Gasteiger partial charge >= 0.3 is 0 Å². The van der Waals surface area contributed by atoms with E-state index < -0.39 is 0 Å². The number of allylic oxidation sites excluding steroid dienone is 4. The van der Waals surface area contributed by atoms with Crippen LogP contribution in [0.15, 0.2) is 24.3 Å². The lowest BCUT2D eigenvalue weighted by Crippen LogP contribution is -1.53. The molecule has 7 heavy (non-hydrogen) atoms. The first kappa shape index (κ1) is 6.15. The van der Waals surface area contributed by atoms with Crippen LogP contribution in [0, 0.1) is 0 Å². The molecule has 0 aromatic heterocycles. The topological polar surface area (TPSA) is 17.1 Å². The van der Waals surface area contributed by atoms with Crippen LogP contribution in [0.5, 0.6) is 0 Å². The first-order valence-electron chi connectivity index (χ1n) is 2.15. The molecule has 0 N–H and O–H groups in total. The van der Waals surface area contributed by atoms with Crippen molar-refractivity contribution < 1.29 is 4.79 Å². The molecule has 0 unspecified atom stereocenters. The molecule has 0 aliphatic carbocycles. The average molecular weight is 96.1 g/mol. The van der Waals surface area contributed by atoms with E-state index in [1.54, 1.807) is 12.2 Å². The third-order valence-corrected chi connectivity index (χ3v) is 0.493. The number of carbonyl (C=O) groups is 1. The predicted octanol–water partition coefficient (Wildman–Crippen LogP) is 1.32. The van der Waals surface area contributed by atoms with Crippen LogP contribution in [0.4, 0.5) is 0 Å². The van der Waals surface area contributed by atoms with E-state index in [1.165, 1.54) is 6.08 Å². The zero-order chi connectivity index (χ0) is 5.54. The van der Waals surface area contributed by atoms with Crippen LogP contribution >= 0.6 is 0 Å². The molecule has 0 amide bonds. The number of hydrogen-bond donors (Lipinski definition) is 0. The van der Waals surface area contributed by atoms with E-state index in [9.17, 15) is 4.79 Å². The molecule has 0 bridgehead atoms. The van der Waals surface area contributed by atoms with Crippen LogP contribution in [-0.4, -0.2) is 6.29 Å². The summed E-state index contributed by atoms with van der Waals surface area (Å²) in [6, 6.07) is 0. The van der Waals surface area contributed by atoms with E-state index in [4.69, 9.17) is 0 Å². The SMILES string of the molecule is C/C=C/C=C\C=O.